The molecule has 166 valence electrons. The van der Waals surface area contributed by atoms with Crippen molar-refractivity contribution in [3.8, 4) is 11.6 Å². The van der Waals surface area contributed by atoms with E-state index in [1.54, 1.807) is 12.3 Å². The smallest absolute Gasteiger partial charge is 0.493 e. The molecule has 0 aliphatic carbocycles. The van der Waals surface area contributed by atoms with Gasteiger partial charge in [0, 0.05) is 11.9 Å². The molecule has 0 fully saturated rings. The summed E-state index contributed by atoms with van der Waals surface area (Å²) in [7, 11) is -5.51. The Bertz CT molecular complexity index is 1240. The van der Waals surface area contributed by atoms with Crippen LogP contribution in [0.1, 0.15) is 25.1 Å². The third kappa shape index (κ3) is 4.66. The first-order valence-corrected chi connectivity index (χ1v) is 10.7. The fourth-order valence-electron chi connectivity index (χ4n) is 3.10. The second-order valence-electron chi connectivity index (χ2n) is 7.43. The van der Waals surface area contributed by atoms with Crippen LogP contribution >= 0.6 is 0 Å². The quantitative estimate of drug-likeness (QED) is 0.616. The van der Waals surface area contributed by atoms with E-state index in [0.717, 1.165) is 46.5 Å². The Hall–Kier alpha value is -3.08. The molecule has 3 rings (SSSR count). The number of benzene rings is 1. The van der Waals surface area contributed by atoms with Gasteiger partial charge in [-0.2, -0.15) is 13.2 Å². The van der Waals surface area contributed by atoms with Crippen molar-refractivity contribution in [2.75, 3.05) is 0 Å². The Morgan fingerprint density at radius 2 is 1.77 bits per heavy atom. The molecule has 0 saturated heterocycles. The lowest BCUT2D eigenvalue weighted by molar-refractivity contribution is -0.0436. The van der Waals surface area contributed by atoms with Gasteiger partial charge >= 0.3 is 11.2 Å². The van der Waals surface area contributed by atoms with E-state index in [1.807, 2.05) is 6.07 Å². The van der Waals surface area contributed by atoms with Crippen molar-refractivity contribution in [3.63, 3.8) is 0 Å². The van der Waals surface area contributed by atoms with Crippen molar-refractivity contribution in [1.29, 1.82) is 0 Å². The summed E-state index contributed by atoms with van der Waals surface area (Å²) in [5.74, 6) is -0.0346. The highest BCUT2D eigenvalue weighted by Gasteiger charge is 2.46. The van der Waals surface area contributed by atoms with Crippen LogP contribution < -0.4 is 5.69 Å². The lowest BCUT2D eigenvalue weighted by Crippen LogP contribution is -2.24. The van der Waals surface area contributed by atoms with Gasteiger partial charge in [0.05, 0.1) is 23.3 Å². The van der Waals surface area contributed by atoms with Crippen LogP contribution in [0.4, 0.5) is 13.2 Å². The molecular weight excluding hydrogens is 435 g/mol. The third-order valence-corrected chi connectivity index (χ3v) is 6.00. The average Bonchev–Trinajstić information content (AvgIpc) is 2.94. The molecular formula is C20H20F3N3O4S. The molecule has 0 aliphatic rings. The van der Waals surface area contributed by atoms with E-state index >= 15 is 0 Å². The van der Waals surface area contributed by atoms with Crippen LogP contribution in [0.25, 0.3) is 5.69 Å². The maximum atomic E-state index is 12.8. The highest BCUT2D eigenvalue weighted by atomic mass is 32.2. The SMILES string of the molecule is CC(C)Cc1cc(Cn2cc(O)n(-c3ccc(S(=O)(=O)C(F)(F)F)cc3)c2=O)ccn1. The Labute approximate surface area is 176 Å². The van der Waals surface area contributed by atoms with Crippen LogP contribution in [0.5, 0.6) is 5.88 Å². The molecule has 2 aromatic heterocycles. The Morgan fingerprint density at radius 1 is 1.13 bits per heavy atom. The molecule has 2 heterocycles. The minimum atomic E-state index is -5.51. The molecule has 0 amide bonds. The van der Waals surface area contributed by atoms with Gasteiger partial charge in [-0.3, -0.25) is 9.55 Å². The molecule has 31 heavy (non-hydrogen) atoms. The van der Waals surface area contributed by atoms with Crippen molar-refractivity contribution >= 4 is 9.84 Å². The summed E-state index contributed by atoms with van der Waals surface area (Å²) in [4.78, 5) is 16.1. The van der Waals surface area contributed by atoms with Crippen LogP contribution in [0.3, 0.4) is 0 Å². The largest absolute Gasteiger partial charge is 0.501 e. The molecule has 3 aromatic rings. The Morgan fingerprint density at radius 3 is 2.35 bits per heavy atom. The number of alkyl halides is 3. The van der Waals surface area contributed by atoms with E-state index in [9.17, 15) is 31.5 Å². The number of sulfone groups is 1. The Balaban J connectivity index is 1.91. The van der Waals surface area contributed by atoms with Crippen molar-refractivity contribution in [2.24, 2.45) is 5.92 Å². The fourth-order valence-corrected chi connectivity index (χ4v) is 3.86. The number of halogens is 3. The zero-order valence-electron chi connectivity index (χ0n) is 16.7. The van der Waals surface area contributed by atoms with Gasteiger partial charge in [0.25, 0.3) is 9.84 Å². The molecule has 0 spiro atoms. The summed E-state index contributed by atoms with van der Waals surface area (Å²) in [5.41, 5.74) is -4.39. The molecule has 0 unspecified atom stereocenters. The fraction of sp³-hybridized carbons (Fsp3) is 0.300. The lowest BCUT2D eigenvalue weighted by atomic mass is 10.1. The zero-order valence-corrected chi connectivity index (χ0v) is 17.5. The van der Waals surface area contributed by atoms with Crippen molar-refractivity contribution in [3.05, 3.63) is 70.5 Å². The summed E-state index contributed by atoms with van der Waals surface area (Å²) < 4.78 is 63.2. The molecule has 1 N–H and O–H groups in total. The second-order valence-corrected chi connectivity index (χ2v) is 9.37. The first-order valence-electron chi connectivity index (χ1n) is 9.27. The normalized spacial score (nSPS) is 12.5. The topological polar surface area (TPSA) is 94.2 Å². The first kappa shape index (κ1) is 22.6. The molecule has 0 radical (unpaired) electrons. The van der Waals surface area contributed by atoms with Crippen molar-refractivity contribution < 1.29 is 26.7 Å². The van der Waals surface area contributed by atoms with Crippen LogP contribution in [0.15, 0.2) is 58.5 Å². The van der Waals surface area contributed by atoms with Gasteiger partial charge in [-0.1, -0.05) is 13.8 Å². The van der Waals surface area contributed by atoms with Gasteiger partial charge in [-0.05, 0) is 54.3 Å². The number of hydrogen-bond donors (Lipinski definition) is 1. The number of aromatic hydroxyl groups is 1. The average molecular weight is 455 g/mol. The number of aromatic nitrogens is 3. The monoisotopic (exact) mass is 455 g/mol. The predicted octanol–water partition coefficient (Wildman–Crippen LogP) is 3.28. The van der Waals surface area contributed by atoms with E-state index < -0.39 is 31.8 Å². The summed E-state index contributed by atoms with van der Waals surface area (Å²) in [6.45, 7) is 4.26. The number of hydrogen-bond acceptors (Lipinski definition) is 5. The van der Waals surface area contributed by atoms with Crippen LogP contribution in [-0.4, -0.2) is 33.2 Å². The molecule has 7 nitrogen and oxygen atoms in total. The molecule has 11 heteroatoms. The van der Waals surface area contributed by atoms with Crippen LogP contribution in [-0.2, 0) is 22.8 Å². The van der Waals surface area contributed by atoms with E-state index in [2.05, 4.69) is 18.8 Å². The number of pyridine rings is 1. The summed E-state index contributed by atoms with van der Waals surface area (Å²) >= 11 is 0. The lowest BCUT2D eigenvalue weighted by Gasteiger charge is -2.09. The number of imidazole rings is 1. The minimum absolute atomic E-state index is 0.0256. The summed E-state index contributed by atoms with van der Waals surface area (Å²) in [6, 6.07) is 7.12. The van der Waals surface area contributed by atoms with Gasteiger partial charge in [0.15, 0.2) is 0 Å². The van der Waals surface area contributed by atoms with Gasteiger partial charge < -0.3 is 5.11 Å². The maximum Gasteiger partial charge on any atom is 0.501 e. The summed E-state index contributed by atoms with van der Waals surface area (Å²) in [5, 5.41) is 10.2. The Kier molecular flexibility index (Phi) is 5.99. The summed E-state index contributed by atoms with van der Waals surface area (Å²) in [6.07, 6.45) is 3.60. The van der Waals surface area contributed by atoms with E-state index in [-0.39, 0.29) is 12.2 Å². The van der Waals surface area contributed by atoms with E-state index in [1.165, 1.54) is 10.8 Å². The second kappa shape index (κ2) is 8.22. The van der Waals surface area contributed by atoms with Crippen molar-refractivity contribution in [1.82, 2.24) is 14.1 Å². The highest BCUT2D eigenvalue weighted by Crippen LogP contribution is 2.30. The molecule has 0 atom stereocenters. The van der Waals surface area contributed by atoms with Crippen molar-refractivity contribution in [2.45, 2.75) is 37.2 Å². The predicted molar refractivity (Wildman–Crippen MR) is 107 cm³/mol. The zero-order chi connectivity index (χ0) is 23.0. The standard InChI is InChI=1S/C20H20F3N3O4S/c1-13(2)9-15-10-14(7-8-24-15)11-25-12-18(27)26(19(25)28)16-3-5-17(6-4-16)31(29,30)20(21,22)23/h3-8,10,12-13,27H,9,11H2,1-2H3. The molecule has 0 bridgehead atoms. The molecule has 1 aromatic carbocycles. The van der Waals surface area contributed by atoms with Gasteiger partial charge in [-0.25, -0.2) is 17.8 Å². The molecule has 0 saturated carbocycles. The molecule has 0 aliphatic heterocycles. The number of nitrogens with zero attached hydrogens (tertiary/aromatic N) is 3. The van der Waals surface area contributed by atoms with Gasteiger partial charge in [0.2, 0.25) is 5.88 Å². The van der Waals surface area contributed by atoms with Gasteiger partial charge in [-0.15, -0.1) is 0 Å². The highest BCUT2D eigenvalue weighted by molar-refractivity contribution is 7.92. The maximum absolute atomic E-state index is 12.8. The van der Waals surface area contributed by atoms with Gasteiger partial charge in [0.1, 0.15) is 0 Å². The number of rotatable bonds is 6. The van der Waals surface area contributed by atoms with Crippen LogP contribution in [0, 0.1) is 5.92 Å². The first-order chi connectivity index (χ1) is 14.4. The minimum Gasteiger partial charge on any atom is -0.493 e. The van der Waals surface area contributed by atoms with E-state index in [4.69, 9.17) is 0 Å². The third-order valence-electron chi connectivity index (χ3n) is 4.50. The van der Waals surface area contributed by atoms with E-state index in [0.29, 0.717) is 5.92 Å². The van der Waals surface area contributed by atoms with Crippen LogP contribution in [0.2, 0.25) is 0 Å².